The number of hydrogen-bond acceptors (Lipinski definition) is 10. The molecule has 3 heterocycles. The molecule has 1 aromatic heterocycles. The largest absolute Gasteiger partial charge is 0.494 e. The Balaban J connectivity index is 0.986. The van der Waals surface area contributed by atoms with E-state index in [2.05, 4.69) is 46.6 Å². The molecule has 0 spiro atoms. The lowest BCUT2D eigenvalue weighted by atomic mass is 9.78. The molecule has 3 aromatic carbocycles. The van der Waals surface area contributed by atoms with Gasteiger partial charge in [-0.2, -0.15) is 0 Å². The minimum absolute atomic E-state index is 0.0697. The molecular formula is C38H39N5O7. The molecule has 0 aliphatic carbocycles. The van der Waals surface area contributed by atoms with E-state index in [1.54, 1.807) is 37.4 Å². The molecule has 1 fully saturated rings. The van der Waals surface area contributed by atoms with Crippen molar-refractivity contribution in [1.82, 2.24) is 20.2 Å². The van der Waals surface area contributed by atoms with Crippen molar-refractivity contribution in [3.05, 3.63) is 113 Å². The molecule has 12 nitrogen and oxygen atoms in total. The molecule has 2 atom stereocenters. The van der Waals surface area contributed by atoms with Gasteiger partial charge in [-0.05, 0) is 73.4 Å². The lowest BCUT2D eigenvalue weighted by Crippen LogP contribution is -2.54. The summed E-state index contributed by atoms with van der Waals surface area (Å²) in [5.41, 5.74) is 3.64. The van der Waals surface area contributed by atoms with Gasteiger partial charge in [0.05, 0.1) is 23.4 Å². The molecule has 0 bridgehead atoms. The van der Waals surface area contributed by atoms with Crippen LogP contribution in [0.1, 0.15) is 89.5 Å². The van der Waals surface area contributed by atoms with Gasteiger partial charge in [0, 0.05) is 30.3 Å². The molecule has 0 radical (unpaired) electrons. The summed E-state index contributed by atoms with van der Waals surface area (Å²) in [7, 11) is 0. The Hall–Kier alpha value is -5.62. The number of piperidine rings is 1. The van der Waals surface area contributed by atoms with Crippen LogP contribution in [0.5, 0.6) is 11.5 Å². The molecule has 2 unspecified atom stereocenters. The summed E-state index contributed by atoms with van der Waals surface area (Å²) in [6.45, 7) is 7.12. The van der Waals surface area contributed by atoms with E-state index in [1.807, 2.05) is 36.4 Å². The van der Waals surface area contributed by atoms with Crippen LogP contribution in [0.4, 0.5) is 5.69 Å². The normalized spacial score (nSPS) is 16.6. The lowest BCUT2D eigenvalue weighted by molar-refractivity contribution is -0.136. The third kappa shape index (κ3) is 7.20. The van der Waals surface area contributed by atoms with Crippen molar-refractivity contribution in [2.45, 2.75) is 64.2 Å². The van der Waals surface area contributed by atoms with Gasteiger partial charge in [-0.1, -0.05) is 44.2 Å². The Morgan fingerprint density at radius 2 is 1.62 bits per heavy atom. The predicted octanol–water partition coefficient (Wildman–Crippen LogP) is 4.72. The number of carbonyl (C=O) groups excluding carboxylic acids is 4. The Morgan fingerprint density at radius 3 is 2.28 bits per heavy atom. The van der Waals surface area contributed by atoms with E-state index in [1.165, 1.54) is 0 Å². The lowest BCUT2D eigenvalue weighted by Gasteiger charge is -2.27. The Kier molecular flexibility index (Phi) is 9.91. The van der Waals surface area contributed by atoms with E-state index in [4.69, 9.17) is 9.47 Å². The fourth-order valence-corrected chi connectivity index (χ4v) is 6.10. The number of aromatic nitrogens is 2. The molecular weight excluding hydrogens is 638 g/mol. The van der Waals surface area contributed by atoms with Gasteiger partial charge in [0.1, 0.15) is 30.3 Å². The number of benzene rings is 3. The second kappa shape index (κ2) is 14.5. The van der Waals surface area contributed by atoms with Crippen molar-refractivity contribution in [1.29, 1.82) is 0 Å². The minimum Gasteiger partial charge on any atom is -0.494 e. The molecule has 50 heavy (non-hydrogen) atoms. The number of aliphatic hydroxyl groups is 1. The molecule has 2 aliphatic rings. The second-order valence-corrected chi connectivity index (χ2v) is 12.8. The number of rotatable bonds is 13. The van der Waals surface area contributed by atoms with Crippen molar-refractivity contribution in [3.63, 3.8) is 0 Å². The van der Waals surface area contributed by atoms with E-state index < -0.39 is 35.8 Å². The monoisotopic (exact) mass is 677 g/mol. The van der Waals surface area contributed by atoms with Crippen LogP contribution < -0.4 is 20.1 Å². The van der Waals surface area contributed by atoms with Gasteiger partial charge in [0.15, 0.2) is 5.82 Å². The van der Waals surface area contributed by atoms with Crippen LogP contribution >= 0.6 is 0 Å². The van der Waals surface area contributed by atoms with Gasteiger partial charge in [0.2, 0.25) is 11.8 Å². The van der Waals surface area contributed by atoms with Crippen LogP contribution in [0, 0.1) is 0 Å². The molecule has 6 rings (SSSR count). The zero-order valence-corrected chi connectivity index (χ0v) is 28.1. The zero-order valence-electron chi connectivity index (χ0n) is 28.1. The molecule has 258 valence electrons. The first-order valence-corrected chi connectivity index (χ1v) is 16.6. The summed E-state index contributed by atoms with van der Waals surface area (Å²) in [4.78, 5) is 59.7. The first-order valence-electron chi connectivity index (χ1n) is 16.6. The number of ether oxygens (including phenoxy) is 2. The van der Waals surface area contributed by atoms with Crippen LogP contribution in [0.15, 0.2) is 79.0 Å². The summed E-state index contributed by atoms with van der Waals surface area (Å²) in [6.07, 6.45) is 1.68. The third-order valence-corrected chi connectivity index (χ3v) is 9.02. The average Bonchev–Trinajstić information content (AvgIpc) is 3.37. The van der Waals surface area contributed by atoms with E-state index in [9.17, 15) is 24.3 Å². The standard InChI is InChI=1S/C38H39N5O7/c1-23(44)34-40-20-18-26(41-34)22-50-28-14-10-25(11-15-28)38(2,3)24-8-12-27(13-9-24)49-21-5-19-39-30-7-4-6-29-33(30)37(48)43(36(29)47)31-16-17-32(45)42-35(31)46/h4,6-15,18,20,23,31,39,44H,5,16-17,19,21-22H2,1-3H3,(H,42,45,46). The number of nitrogens with one attached hydrogen (secondary N) is 2. The van der Waals surface area contributed by atoms with E-state index >= 15 is 0 Å². The maximum absolute atomic E-state index is 13.3. The predicted molar refractivity (Wildman–Crippen MR) is 184 cm³/mol. The van der Waals surface area contributed by atoms with Crippen LogP contribution in [-0.2, 0) is 21.6 Å². The topological polar surface area (TPSA) is 160 Å². The molecule has 0 saturated carbocycles. The summed E-state index contributed by atoms with van der Waals surface area (Å²) >= 11 is 0. The SMILES string of the molecule is CC(O)c1nccc(COc2ccc(C(C)(C)c3ccc(OCCCNc4cccc5c4C(=O)N(C4CCC(=O)NC4=O)C5=O)cc3)cc2)n1. The summed E-state index contributed by atoms with van der Waals surface area (Å²) in [5.74, 6) is -0.313. The van der Waals surface area contributed by atoms with Gasteiger partial charge in [-0.25, -0.2) is 9.97 Å². The van der Waals surface area contributed by atoms with Crippen LogP contribution in [0.2, 0.25) is 0 Å². The Morgan fingerprint density at radius 1 is 0.940 bits per heavy atom. The first kappa shape index (κ1) is 34.3. The van der Waals surface area contributed by atoms with Gasteiger partial charge >= 0.3 is 0 Å². The number of nitrogens with zero attached hydrogens (tertiary/aromatic N) is 3. The molecule has 3 N–H and O–H groups in total. The summed E-state index contributed by atoms with van der Waals surface area (Å²) in [5, 5.41) is 15.2. The van der Waals surface area contributed by atoms with Crippen LogP contribution in [-0.4, -0.2) is 62.8 Å². The minimum atomic E-state index is -1.01. The number of fused-ring (bicyclic) bond motifs is 1. The Bertz CT molecular complexity index is 1910. The highest BCUT2D eigenvalue weighted by Crippen LogP contribution is 2.34. The third-order valence-electron chi connectivity index (χ3n) is 9.02. The van der Waals surface area contributed by atoms with Crippen molar-refractivity contribution in [2.24, 2.45) is 0 Å². The maximum Gasteiger partial charge on any atom is 0.264 e. The summed E-state index contributed by atoms with van der Waals surface area (Å²) in [6, 6.07) is 21.7. The molecule has 1 saturated heterocycles. The van der Waals surface area contributed by atoms with Gasteiger partial charge in [-0.3, -0.25) is 29.4 Å². The van der Waals surface area contributed by atoms with Crippen LogP contribution in [0.25, 0.3) is 0 Å². The van der Waals surface area contributed by atoms with E-state index in [0.717, 1.165) is 21.8 Å². The Labute approximate surface area is 289 Å². The average molecular weight is 678 g/mol. The number of hydrogen-bond donors (Lipinski definition) is 3. The maximum atomic E-state index is 13.3. The van der Waals surface area contributed by atoms with E-state index in [0.29, 0.717) is 42.5 Å². The molecule has 4 aromatic rings. The highest BCUT2D eigenvalue weighted by atomic mass is 16.5. The van der Waals surface area contributed by atoms with Crippen molar-refractivity contribution in [2.75, 3.05) is 18.5 Å². The number of anilines is 1. The van der Waals surface area contributed by atoms with E-state index in [-0.39, 0.29) is 36.0 Å². The zero-order chi connectivity index (χ0) is 35.4. The number of amides is 4. The molecule has 2 aliphatic heterocycles. The van der Waals surface area contributed by atoms with Gasteiger partial charge < -0.3 is 19.9 Å². The highest BCUT2D eigenvalue weighted by molar-refractivity contribution is 6.25. The number of imide groups is 2. The second-order valence-electron chi connectivity index (χ2n) is 12.8. The fourth-order valence-electron chi connectivity index (χ4n) is 6.10. The fraction of sp³-hybridized carbons (Fsp3) is 0.316. The van der Waals surface area contributed by atoms with Crippen LogP contribution in [0.3, 0.4) is 0 Å². The smallest absolute Gasteiger partial charge is 0.264 e. The van der Waals surface area contributed by atoms with Crippen molar-refractivity contribution in [3.8, 4) is 11.5 Å². The quantitative estimate of drug-likeness (QED) is 0.134. The highest BCUT2D eigenvalue weighted by Gasteiger charge is 2.45. The first-order chi connectivity index (χ1) is 24.0. The number of carbonyl (C=O) groups is 4. The molecule has 4 amide bonds. The summed E-state index contributed by atoms with van der Waals surface area (Å²) < 4.78 is 11.9. The van der Waals surface area contributed by atoms with Gasteiger partial charge in [-0.15, -0.1) is 0 Å². The van der Waals surface area contributed by atoms with Crippen molar-refractivity contribution >= 4 is 29.3 Å². The molecule has 12 heteroatoms. The number of aliphatic hydroxyl groups excluding tert-OH is 1. The van der Waals surface area contributed by atoms with Crippen molar-refractivity contribution < 1.29 is 33.8 Å². The van der Waals surface area contributed by atoms with Gasteiger partial charge in [0.25, 0.3) is 11.8 Å².